The van der Waals surface area contributed by atoms with Crippen LogP contribution in [0.15, 0.2) is 28.5 Å². The van der Waals surface area contributed by atoms with Crippen molar-refractivity contribution in [2.75, 3.05) is 5.75 Å². The molecule has 11 heteroatoms. The predicted octanol–water partition coefficient (Wildman–Crippen LogP) is 3.14. The number of hydrogen-bond donors (Lipinski definition) is 1. The zero-order valence-corrected chi connectivity index (χ0v) is 18.7. The molecule has 0 aliphatic heterocycles. The Morgan fingerprint density at radius 2 is 2.18 bits per heavy atom. The number of primary sulfonamides is 1. The summed E-state index contributed by atoms with van der Waals surface area (Å²) in [5, 5.41) is 5.76. The minimum absolute atomic E-state index is 0.126. The van der Waals surface area contributed by atoms with E-state index in [1.54, 1.807) is 4.57 Å². The molecule has 1 unspecified atom stereocenters. The van der Waals surface area contributed by atoms with Crippen molar-refractivity contribution >= 4 is 55.5 Å². The Morgan fingerprint density at radius 1 is 1.39 bits per heavy atom. The number of imidazole rings is 1. The van der Waals surface area contributed by atoms with Crippen LogP contribution in [0.25, 0.3) is 11.2 Å². The second kappa shape index (κ2) is 7.50. The maximum atomic E-state index is 14.2. The molecular weight excluding hydrogens is 516 g/mol. The van der Waals surface area contributed by atoms with E-state index in [1.165, 1.54) is 18.1 Å². The summed E-state index contributed by atoms with van der Waals surface area (Å²) in [7, 11) is -3.64. The smallest absolute Gasteiger partial charge is 0.210 e. The Labute approximate surface area is 179 Å². The van der Waals surface area contributed by atoms with Gasteiger partial charge in [-0.15, -0.1) is 0 Å². The van der Waals surface area contributed by atoms with Gasteiger partial charge in [0, 0.05) is 15.0 Å². The maximum Gasteiger partial charge on any atom is 0.210 e. The summed E-state index contributed by atoms with van der Waals surface area (Å²) in [6, 6.07) is 3.89. The first-order valence-electron chi connectivity index (χ1n) is 8.55. The molecule has 3 aromatic rings. The topological polar surface area (TPSA) is 104 Å². The molecule has 1 atom stereocenters. The molecule has 2 aromatic heterocycles. The fraction of sp³-hybridized carbons (Fsp3) is 0.353. The fourth-order valence-electron chi connectivity index (χ4n) is 3.26. The molecule has 7 nitrogen and oxygen atoms in total. The monoisotopic (exact) mass is 533 g/mol. The Bertz CT molecular complexity index is 1180. The molecule has 148 valence electrons. The van der Waals surface area contributed by atoms with Gasteiger partial charge in [0.15, 0.2) is 10.8 Å². The molecule has 2 heterocycles. The van der Waals surface area contributed by atoms with Crippen LogP contribution >= 0.6 is 34.4 Å². The lowest BCUT2D eigenvalue weighted by atomic mass is 10.1. The highest BCUT2D eigenvalue weighted by Crippen LogP contribution is 2.41. The summed E-state index contributed by atoms with van der Waals surface area (Å²) in [4.78, 5) is 13.9. The van der Waals surface area contributed by atoms with Crippen molar-refractivity contribution in [3.05, 3.63) is 38.9 Å². The number of fused-ring (bicyclic) bond motifs is 2. The second-order valence-electron chi connectivity index (χ2n) is 6.63. The molecule has 0 radical (unpaired) electrons. The van der Waals surface area contributed by atoms with E-state index in [9.17, 15) is 12.8 Å². The summed E-state index contributed by atoms with van der Waals surface area (Å²) >= 11 is 3.60. The first-order valence-corrected chi connectivity index (χ1v) is 12.2. The molecule has 0 fully saturated rings. The van der Waals surface area contributed by atoms with Crippen molar-refractivity contribution in [3.8, 4) is 0 Å². The van der Waals surface area contributed by atoms with Gasteiger partial charge in [-0.05, 0) is 65.6 Å². The van der Waals surface area contributed by atoms with Crippen LogP contribution in [0.2, 0.25) is 0 Å². The lowest BCUT2D eigenvalue weighted by molar-refractivity contribution is 0.343. The zero-order valence-electron chi connectivity index (χ0n) is 14.9. The number of alkyl halides is 1. The van der Waals surface area contributed by atoms with E-state index < -0.39 is 16.2 Å². The van der Waals surface area contributed by atoms with Gasteiger partial charge in [0.2, 0.25) is 10.0 Å². The lowest BCUT2D eigenvalue weighted by Crippen LogP contribution is -2.20. The molecule has 1 aliphatic carbocycles. The Hall–Kier alpha value is -1.31. The van der Waals surface area contributed by atoms with E-state index in [0.29, 0.717) is 28.4 Å². The van der Waals surface area contributed by atoms with Crippen LogP contribution in [0.3, 0.4) is 0 Å². The molecule has 0 spiro atoms. The second-order valence-corrected chi connectivity index (χ2v) is 10.5. The number of nitrogens with two attached hydrogens (primary N) is 1. The minimum atomic E-state index is -3.64. The Balaban J connectivity index is 1.78. The van der Waals surface area contributed by atoms with Gasteiger partial charge in [-0.25, -0.2) is 32.9 Å². The maximum absolute atomic E-state index is 14.2. The highest BCUT2D eigenvalue weighted by atomic mass is 127. The van der Waals surface area contributed by atoms with Crippen LogP contribution in [0, 0.1) is 10.5 Å². The van der Waals surface area contributed by atoms with Crippen molar-refractivity contribution in [1.82, 2.24) is 19.5 Å². The highest BCUT2D eigenvalue weighted by molar-refractivity contribution is 14.1. The number of hydrogen-bond acceptors (Lipinski definition) is 6. The standard InChI is InChI=1S/C17H17FIN5O2S2/c1-9-15-16(22-8-21-9)24(4-5-28(20,25)26)17(23-15)27-14-7-11-10(6-13(14)19)2-3-12(11)18/h6-8,12H,2-5H2,1H3,(H2,20,25,26). The number of benzene rings is 1. The molecule has 2 N–H and O–H groups in total. The number of aryl methyl sites for hydroxylation is 3. The molecule has 0 saturated carbocycles. The molecular formula is C17H17FIN5O2S2. The summed E-state index contributed by atoms with van der Waals surface area (Å²) in [5.41, 5.74) is 3.64. The normalized spacial score (nSPS) is 16.6. The average Bonchev–Trinajstić information content (AvgIpc) is 3.15. The van der Waals surface area contributed by atoms with E-state index in [4.69, 9.17) is 5.14 Å². The van der Waals surface area contributed by atoms with E-state index in [1.807, 2.05) is 19.1 Å². The third-order valence-corrected chi connectivity index (χ3v) is 7.74. The molecule has 28 heavy (non-hydrogen) atoms. The van der Waals surface area contributed by atoms with Crippen molar-refractivity contribution in [2.45, 2.75) is 42.5 Å². The van der Waals surface area contributed by atoms with Gasteiger partial charge in [0.1, 0.15) is 18.0 Å². The zero-order chi connectivity index (χ0) is 20.1. The van der Waals surface area contributed by atoms with E-state index in [0.717, 1.165) is 26.0 Å². The average molecular weight is 533 g/mol. The third kappa shape index (κ3) is 3.89. The molecule has 0 saturated heterocycles. The lowest BCUT2D eigenvalue weighted by Gasteiger charge is -2.11. The Kier molecular flexibility index (Phi) is 5.35. The van der Waals surface area contributed by atoms with Crippen molar-refractivity contribution < 1.29 is 12.8 Å². The molecule has 0 amide bonds. The van der Waals surface area contributed by atoms with Gasteiger partial charge < -0.3 is 4.57 Å². The van der Waals surface area contributed by atoms with Crippen LogP contribution in [-0.4, -0.2) is 33.7 Å². The van der Waals surface area contributed by atoms with Crippen LogP contribution in [0.4, 0.5) is 4.39 Å². The van der Waals surface area contributed by atoms with Gasteiger partial charge in [-0.3, -0.25) is 0 Å². The fourth-order valence-corrected chi connectivity index (χ4v) is 5.52. The number of aromatic nitrogens is 4. The molecule has 1 aliphatic rings. The van der Waals surface area contributed by atoms with Crippen LogP contribution < -0.4 is 5.14 Å². The first-order chi connectivity index (χ1) is 13.2. The van der Waals surface area contributed by atoms with Gasteiger partial charge in [0.25, 0.3) is 0 Å². The molecule has 0 bridgehead atoms. The van der Waals surface area contributed by atoms with Crippen molar-refractivity contribution in [3.63, 3.8) is 0 Å². The van der Waals surface area contributed by atoms with E-state index in [-0.39, 0.29) is 12.3 Å². The minimum Gasteiger partial charge on any atom is -0.302 e. The quantitative estimate of drug-likeness (QED) is 0.506. The summed E-state index contributed by atoms with van der Waals surface area (Å²) in [6.45, 7) is 1.95. The number of sulfonamides is 1. The summed E-state index contributed by atoms with van der Waals surface area (Å²) < 4.78 is 39.9. The van der Waals surface area contributed by atoms with Crippen LogP contribution in [0.5, 0.6) is 0 Å². The first kappa shape index (κ1) is 20.0. The van der Waals surface area contributed by atoms with E-state index in [2.05, 4.69) is 37.5 Å². The predicted molar refractivity (Wildman–Crippen MR) is 113 cm³/mol. The van der Waals surface area contributed by atoms with Gasteiger partial charge in [-0.2, -0.15) is 0 Å². The molecule has 4 rings (SSSR count). The summed E-state index contributed by atoms with van der Waals surface area (Å²) in [5.74, 6) is -0.233. The van der Waals surface area contributed by atoms with E-state index >= 15 is 0 Å². The number of halogens is 2. The third-order valence-electron chi connectivity index (χ3n) is 4.68. The number of rotatable bonds is 5. The van der Waals surface area contributed by atoms with Gasteiger partial charge in [-0.1, -0.05) is 11.8 Å². The van der Waals surface area contributed by atoms with Crippen LogP contribution in [0.1, 0.15) is 29.4 Å². The largest absolute Gasteiger partial charge is 0.302 e. The SMILES string of the molecule is Cc1ncnc2c1nc(Sc1cc3c(cc1I)CCC3F)n2CCS(N)(=O)=O. The highest BCUT2D eigenvalue weighted by Gasteiger charge is 2.25. The Morgan fingerprint density at radius 3 is 2.93 bits per heavy atom. The van der Waals surface area contributed by atoms with Gasteiger partial charge in [0.05, 0.1) is 11.4 Å². The van der Waals surface area contributed by atoms with Crippen molar-refractivity contribution in [2.24, 2.45) is 5.14 Å². The van der Waals surface area contributed by atoms with Crippen LogP contribution in [-0.2, 0) is 23.0 Å². The number of nitrogens with zero attached hydrogens (tertiary/aromatic N) is 4. The summed E-state index contributed by atoms with van der Waals surface area (Å²) in [6.07, 6.45) is 1.75. The van der Waals surface area contributed by atoms with Crippen molar-refractivity contribution in [1.29, 1.82) is 0 Å². The molecule has 1 aromatic carbocycles. The van der Waals surface area contributed by atoms with Gasteiger partial charge >= 0.3 is 0 Å².